The second-order valence-electron chi connectivity index (χ2n) is 7.41. The zero-order valence-corrected chi connectivity index (χ0v) is 13.9. The van der Waals surface area contributed by atoms with Crippen molar-refractivity contribution in [3.63, 3.8) is 0 Å². The van der Waals surface area contributed by atoms with Gasteiger partial charge in [0.1, 0.15) is 5.73 Å². The monoisotopic (exact) mass is 310 g/mol. The lowest BCUT2D eigenvalue weighted by Gasteiger charge is -2.32. The maximum atomic E-state index is 15.2. The lowest BCUT2D eigenvalue weighted by atomic mass is 9.83. The van der Waals surface area contributed by atoms with Crippen LogP contribution in [-0.2, 0) is 15.7 Å². The third-order valence-corrected chi connectivity index (χ3v) is 5.43. The predicted octanol–water partition coefficient (Wildman–Crippen LogP) is 4.71. The van der Waals surface area contributed by atoms with E-state index in [2.05, 4.69) is 18.2 Å². The zero-order valence-electron chi connectivity index (χ0n) is 13.9. The molecule has 0 aromatic heterocycles. The van der Waals surface area contributed by atoms with Gasteiger partial charge in [0.2, 0.25) is 0 Å². The van der Waals surface area contributed by atoms with Crippen molar-refractivity contribution in [3.8, 4) is 0 Å². The van der Waals surface area contributed by atoms with E-state index < -0.39 is 18.3 Å². The summed E-state index contributed by atoms with van der Waals surface area (Å²) in [6.07, 6.45) is 0.590. The molecule has 0 unspecified atom stereocenters. The SMILES string of the molecule is CC1(C)OB(C(F)=C2Cc3cccc4cccc2c34)OC1(C)C. The lowest BCUT2D eigenvalue weighted by Crippen LogP contribution is -2.41. The van der Waals surface area contributed by atoms with Gasteiger partial charge in [-0.05, 0) is 55.2 Å². The van der Waals surface area contributed by atoms with Crippen molar-refractivity contribution in [2.24, 2.45) is 0 Å². The van der Waals surface area contributed by atoms with Gasteiger partial charge in [-0.1, -0.05) is 36.4 Å². The fourth-order valence-corrected chi connectivity index (χ4v) is 3.41. The van der Waals surface area contributed by atoms with E-state index in [0.29, 0.717) is 12.0 Å². The predicted molar refractivity (Wildman–Crippen MR) is 91.8 cm³/mol. The highest BCUT2D eigenvalue weighted by molar-refractivity contribution is 6.55. The van der Waals surface area contributed by atoms with Gasteiger partial charge < -0.3 is 9.31 Å². The summed E-state index contributed by atoms with van der Waals surface area (Å²) in [5.74, 6) is 0. The minimum atomic E-state index is -0.931. The first-order chi connectivity index (χ1) is 10.8. The highest BCUT2D eigenvalue weighted by Gasteiger charge is 2.53. The van der Waals surface area contributed by atoms with Gasteiger partial charge in [-0.15, -0.1) is 0 Å². The molecule has 0 N–H and O–H groups in total. The Bertz CT molecular complexity index is 817. The summed E-state index contributed by atoms with van der Waals surface area (Å²) in [6, 6.07) is 12.2. The number of benzene rings is 2. The van der Waals surface area contributed by atoms with Crippen molar-refractivity contribution in [1.29, 1.82) is 0 Å². The molecular formula is C19H20BFO2. The van der Waals surface area contributed by atoms with Crippen LogP contribution in [0.25, 0.3) is 16.3 Å². The average molecular weight is 310 g/mol. The normalized spacial score (nSPS) is 23.6. The summed E-state index contributed by atoms with van der Waals surface area (Å²) in [5.41, 5.74) is 1.45. The van der Waals surface area contributed by atoms with Crippen molar-refractivity contribution >= 4 is 23.5 Å². The Labute approximate surface area is 136 Å². The molecule has 2 aliphatic rings. The average Bonchev–Trinajstić information content (AvgIpc) is 2.96. The number of halogens is 1. The molecule has 1 heterocycles. The van der Waals surface area contributed by atoms with E-state index in [-0.39, 0.29) is 5.73 Å². The van der Waals surface area contributed by atoms with E-state index in [0.717, 1.165) is 16.3 Å². The fourth-order valence-electron chi connectivity index (χ4n) is 3.41. The smallest absolute Gasteiger partial charge is 0.398 e. The second-order valence-corrected chi connectivity index (χ2v) is 7.41. The molecule has 4 heteroatoms. The fraction of sp³-hybridized carbons (Fsp3) is 0.368. The molecule has 4 rings (SSSR count). The van der Waals surface area contributed by atoms with E-state index in [9.17, 15) is 0 Å². The second kappa shape index (κ2) is 4.68. The summed E-state index contributed by atoms with van der Waals surface area (Å²) in [5, 5.41) is 2.30. The van der Waals surface area contributed by atoms with Crippen molar-refractivity contribution in [2.75, 3.05) is 0 Å². The highest BCUT2D eigenvalue weighted by Crippen LogP contribution is 2.44. The minimum Gasteiger partial charge on any atom is -0.398 e. The van der Waals surface area contributed by atoms with Gasteiger partial charge in [-0.25, -0.2) is 4.39 Å². The number of hydrogen-bond acceptors (Lipinski definition) is 2. The topological polar surface area (TPSA) is 18.5 Å². The van der Waals surface area contributed by atoms with Crippen LogP contribution in [0.5, 0.6) is 0 Å². The zero-order chi connectivity index (χ0) is 16.4. The van der Waals surface area contributed by atoms with Crippen LogP contribution in [0.1, 0.15) is 38.8 Å². The number of allylic oxidation sites excluding steroid dienone is 1. The highest BCUT2D eigenvalue weighted by atomic mass is 19.1. The number of rotatable bonds is 1. The largest absolute Gasteiger partial charge is 0.525 e. The molecule has 0 spiro atoms. The van der Waals surface area contributed by atoms with Gasteiger partial charge in [-0.2, -0.15) is 0 Å². The molecule has 0 saturated carbocycles. The summed E-state index contributed by atoms with van der Waals surface area (Å²) in [6.45, 7) is 7.76. The van der Waals surface area contributed by atoms with Crippen molar-refractivity contribution in [2.45, 2.75) is 45.3 Å². The first-order valence-corrected chi connectivity index (χ1v) is 8.05. The molecule has 0 bridgehead atoms. The molecule has 23 heavy (non-hydrogen) atoms. The van der Waals surface area contributed by atoms with Gasteiger partial charge in [-0.3, -0.25) is 0 Å². The molecule has 0 amide bonds. The van der Waals surface area contributed by atoms with E-state index in [1.807, 2.05) is 45.9 Å². The van der Waals surface area contributed by atoms with Crippen LogP contribution in [0.4, 0.5) is 4.39 Å². The first kappa shape index (κ1) is 14.9. The molecule has 2 aromatic carbocycles. The molecule has 1 saturated heterocycles. The van der Waals surface area contributed by atoms with Crippen LogP contribution in [0.3, 0.4) is 0 Å². The lowest BCUT2D eigenvalue weighted by molar-refractivity contribution is 0.00578. The number of hydrogen-bond donors (Lipinski definition) is 0. The van der Waals surface area contributed by atoms with E-state index >= 15 is 4.39 Å². The van der Waals surface area contributed by atoms with Gasteiger partial charge >= 0.3 is 7.12 Å². The Kier molecular flexibility index (Phi) is 3.04. The third-order valence-electron chi connectivity index (χ3n) is 5.43. The molecule has 1 aliphatic carbocycles. The van der Waals surface area contributed by atoms with Crippen LogP contribution in [0.2, 0.25) is 0 Å². The maximum Gasteiger partial charge on any atom is 0.525 e. The summed E-state index contributed by atoms with van der Waals surface area (Å²) in [4.78, 5) is 0. The third kappa shape index (κ3) is 2.08. The van der Waals surface area contributed by atoms with Crippen molar-refractivity contribution in [3.05, 3.63) is 53.3 Å². The Morgan fingerprint density at radius 1 is 1.00 bits per heavy atom. The van der Waals surface area contributed by atoms with E-state index in [1.54, 1.807) is 0 Å². The Morgan fingerprint density at radius 2 is 1.61 bits per heavy atom. The summed E-state index contributed by atoms with van der Waals surface area (Å²) < 4.78 is 27.0. The van der Waals surface area contributed by atoms with Crippen LogP contribution in [0.15, 0.2) is 42.1 Å². The van der Waals surface area contributed by atoms with Gasteiger partial charge in [0, 0.05) is 6.42 Å². The molecule has 0 radical (unpaired) electrons. The van der Waals surface area contributed by atoms with Crippen LogP contribution in [-0.4, -0.2) is 18.3 Å². The Balaban J connectivity index is 1.81. The summed E-state index contributed by atoms with van der Waals surface area (Å²) in [7, 11) is -0.931. The molecule has 2 nitrogen and oxygen atoms in total. The summed E-state index contributed by atoms with van der Waals surface area (Å²) >= 11 is 0. The minimum absolute atomic E-state index is 0.299. The van der Waals surface area contributed by atoms with Gasteiger partial charge in [0.15, 0.2) is 0 Å². The van der Waals surface area contributed by atoms with E-state index in [4.69, 9.17) is 9.31 Å². The Hall–Kier alpha value is -1.65. The van der Waals surface area contributed by atoms with E-state index in [1.165, 1.54) is 5.56 Å². The van der Waals surface area contributed by atoms with Crippen molar-refractivity contribution < 1.29 is 13.7 Å². The van der Waals surface area contributed by atoms with Crippen LogP contribution in [0, 0.1) is 0 Å². The van der Waals surface area contributed by atoms with Crippen molar-refractivity contribution in [1.82, 2.24) is 0 Å². The molecule has 1 aliphatic heterocycles. The van der Waals surface area contributed by atoms with Crippen LogP contribution < -0.4 is 0 Å². The molecule has 118 valence electrons. The molecule has 0 atom stereocenters. The first-order valence-electron chi connectivity index (χ1n) is 8.05. The maximum absolute atomic E-state index is 15.2. The molecular weight excluding hydrogens is 290 g/mol. The Morgan fingerprint density at radius 3 is 2.26 bits per heavy atom. The standard InChI is InChI=1S/C19H20BFO2/c1-18(2)19(3,4)23-20(22-18)17(21)15-11-13-9-5-7-12-8-6-10-14(15)16(12)13/h5-10H,11H2,1-4H3. The van der Waals surface area contributed by atoms with Crippen LogP contribution >= 0.6 is 0 Å². The van der Waals surface area contributed by atoms with Gasteiger partial charge in [0.05, 0.1) is 11.2 Å². The molecule has 1 fully saturated rings. The molecule has 2 aromatic rings. The quantitative estimate of drug-likeness (QED) is 0.710. The van der Waals surface area contributed by atoms with Gasteiger partial charge in [0.25, 0.3) is 0 Å².